The van der Waals surface area contributed by atoms with E-state index in [2.05, 4.69) is 20.3 Å². The maximum absolute atomic E-state index is 12.4. The van der Waals surface area contributed by atoms with Crippen molar-refractivity contribution in [1.82, 2.24) is 29.9 Å². The van der Waals surface area contributed by atoms with Crippen molar-refractivity contribution < 1.29 is 9.21 Å². The molecule has 0 saturated heterocycles. The molecule has 1 unspecified atom stereocenters. The highest BCUT2D eigenvalue weighted by molar-refractivity contribution is 5.78. The van der Waals surface area contributed by atoms with E-state index in [1.807, 2.05) is 0 Å². The summed E-state index contributed by atoms with van der Waals surface area (Å²) < 4.78 is 7.09. The van der Waals surface area contributed by atoms with Crippen LogP contribution >= 0.6 is 0 Å². The fourth-order valence-electron chi connectivity index (χ4n) is 2.43. The lowest BCUT2D eigenvalue weighted by Crippen LogP contribution is -2.37. The number of aromatic nitrogens is 5. The Kier molecular flexibility index (Phi) is 3.21. The number of fused-ring (bicyclic) bond motifs is 1. The van der Waals surface area contributed by atoms with Gasteiger partial charge >= 0.3 is 0 Å². The Labute approximate surface area is 115 Å². The first-order chi connectivity index (χ1) is 9.63. The topological polar surface area (TPSA) is 89.9 Å². The van der Waals surface area contributed by atoms with Crippen LogP contribution in [-0.4, -0.2) is 42.8 Å². The van der Waals surface area contributed by atoms with Crippen molar-refractivity contribution in [2.24, 2.45) is 5.92 Å². The van der Waals surface area contributed by atoms with E-state index in [1.54, 1.807) is 23.6 Å². The molecule has 2 aromatic heterocycles. The molecule has 0 spiro atoms. The zero-order chi connectivity index (χ0) is 14.1. The third kappa shape index (κ3) is 2.40. The van der Waals surface area contributed by atoms with E-state index in [-0.39, 0.29) is 11.8 Å². The SMILES string of the molecule is Cc1nnc(CN(C)C(=O)C2CCc3ncnn3C2)o1. The van der Waals surface area contributed by atoms with Gasteiger partial charge < -0.3 is 9.32 Å². The Morgan fingerprint density at radius 2 is 2.40 bits per heavy atom. The average Bonchev–Trinajstić information content (AvgIpc) is 3.05. The van der Waals surface area contributed by atoms with Crippen LogP contribution in [0.3, 0.4) is 0 Å². The lowest BCUT2D eigenvalue weighted by Gasteiger charge is -2.25. The molecule has 1 aliphatic rings. The van der Waals surface area contributed by atoms with Crippen LogP contribution in [0, 0.1) is 12.8 Å². The number of carbonyl (C=O) groups is 1. The van der Waals surface area contributed by atoms with Gasteiger partial charge in [-0.3, -0.25) is 4.79 Å². The minimum Gasteiger partial charge on any atom is -0.424 e. The first-order valence-corrected chi connectivity index (χ1v) is 6.54. The average molecular weight is 276 g/mol. The summed E-state index contributed by atoms with van der Waals surface area (Å²) in [6, 6.07) is 0. The summed E-state index contributed by atoms with van der Waals surface area (Å²) in [5.41, 5.74) is 0. The molecule has 8 nitrogen and oxygen atoms in total. The van der Waals surface area contributed by atoms with E-state index in [4.69, 9.17) is 4.42 Å². The van der Waals surface area contributed by atoms with E-state index in [1.165, 1.54) is 6.33 Å². The second kappa shape index (κ2) is 5.03. The van der Waals surface area contributed by atoms with Crippen LogP contribution in [0.15, 0.2) is 10.7 Å². The Balaban J connectivity index is 1.64. The zero-order valence-electron chi connectivity index (χ0n) is 11.5. The van der Waals surface area contributed by atoms with Gasteiger partial charge in [0.1, 0.15) is 12.2 Å². The molecule has 20 heavy (non-hydrogen) atoms. The third-order valence-corrected chi connectivity index (χ3v) is 3.47. The van der Waals surface area contributed by atoms with Crippen molar-refractivity contribution in [2.45, 2.75) is 32.9 Å². The number of carbonyl (C=O) groups excluding carboxylic acids is 1. The van der Waals surface area contributed by atoms with Crippen LogP contribution in [0.4, 0.5) is 0 Å². The van der Waals surface area contributed by atoms with Gasteiger partial charge in [0.2, 0.25) is 17.7 Å². The van der Waals surface area contributed by atoms with Crippen LogP contribution in [0.1, 0.15) is 24.0 Å². The molecule has 0 radical (unpaired) electrons. The first-order valence-electron chi connectivity index (χ1n) is 6.54. The van der Waals surface area contributed by atoms with E-state index in [9.17, 15) is 4.79 Å². The monoisotopic (exact) mass is 276 g/mol. The third-order valence-electron chi connectivity index (χ3n) is 3.47. The zero-order valence-corrected chi connectivity index (χ0v) is 11.5. The maximum Gasteiger partial charge on any atom is 0.235 e. The smallest absolute Gasteiger partial charge is 0.235 e. The Bertz CT molecular complexity index is 619. The molecule has 1 aliphatic heterocycles. The normalized spacial score (nSPS) is 17.8. The number of nitrogens with zero attached hydrogens (tertiary/aromatic N) is 6. The largest absolute Gasteiger partial charge is 0.424 e. The molecule has 0 saturated carbocycles. The maximum atomic E-state index is 12.4. The molecule has 3 rings (SSSR count). The fourth-order valence-corrected chi connectivity index (χ4v) is 2.43. The highest BCUT2D eigenvalue weighted by Crippen LogP contribution is 2.20. The van der Waals surface area contributed by atoms with Crippen molar-refractivity contribution in [1.29, 1.82) is 0 Å². The highest BCUT2D eigenvalue weighted by Gasteiger charge is 2.28. The summed E-state index contributed by atoms with van der Waals surface area (Å²) in [7, 11) is 1.75. The van der Waals surface area contributed by atoms with Gasteiger partial charge in [-0.2, -0.15) is 5.10 Å². The van der Waals surface area contributed by atoms with Crippen molar-refractivity contribution in [3.05, 3.63) is 23.9 Å². The second-order valence-corrected chi connectivity index (χ2v) is 5.00. The standard InChI is InChI=1S/C12H16N6O2/c1-8-15-16-11(20-8)6-17(2)12(19)9-3-4-10-13-7-14-18(10)5-9/h7,9H,3-6H2,1-2H3. The number of hydrogen-bond donors (Lipinski definition) is 0. The van der Waals surface area contributed by atoms with Gasteiger partial charge in [-0.05, 0) is 6.42 Å². The van der Waals surface area contributed by atoms with Crippen molar-refractivity contribution in [3.63, 3.8) is 0 Å². The van der Waals surface area contributed by atoms with Gasteiger partial charge in [0.25, 0.3) is 0 Å². The Morgan fingerprint density at radius 1 is 1.55 bits per heavy atom. The van der Waals surface area contributed by atoms with E-state index in [0.717, 1.165) is 18.7 Å². The lowest BCUT2D eigenvalue weighted by atomic mass is 9.98. The highest BCUT2D eigenvalue weighted by atomic mass is 16.4. The summed E-state index contributed by atoms with van der Waals surface area (Å²) in [5, 5.41) is 11.8. The van der Waals surface area contributed by atoms with Crippen molar-refractivity contribution in [2.75, 3.05) is 7.05 Å². The first kappa shape index (κ1) is 12.8. The number of aryl methyl sites for hydroxylation is 2. The summed E-state index contributed by atoms with van der Waals surface area (Å²) in [6.07, 6.45) is 3.11. The van der Waals surface area contributed by atoms with Gasteiger partial charge in [-0.15, -0.1) is 10.2 Å². The molecule has 0 fully saturated rings. The van der Waals surface area contributed by atoms with Crippen molar-refractivity contribution in [3.8, 4) is 0 Å². The van der Waals surface area contributed by atoms with E-state index >= 15 is 0 Å². The minimum absolute atomic E-state index is 0.0711. The Morgan fingerprint density at radius 3 is 3.15 bits per heavy atom. The molecule has 0 N–H and O–H groups in total. The Hall–Kier alpha value is -2.25. The minimum atomic E-state index is -0.0711. The lowest BCUT2D eigenvalue weighted by molar-refractivity contribution is -0.136. The van der Waals surface area contributed by atoms with Crippen LogP contribution in [0.2, 0.25) is 0 Å². The molecule has 3 heterocycles. The number of hydrogen-bond acceptors (Lipinski definition) is 6. The second-order valence-electron chi connectivity index (χ2n) is 5.00. The summed E-state index contributed by atoms with van der Waals surface area (Å²) in [4.78, 5) is 18.2. The molecule has 0 bridgehead atoms. The summed E-state index contributed by atoms with van der Waals surface area (Å²) >= 11 is 0. The van der Waals surface area contributed by atoms with Gasteiger partial charge in [0.15, 0.2) is 0 Å². The van der Waals surface area contributed by atoms with E-state index in [0.29, 0.717) is 24.9 Å². The van der Waals surface area contributed by atoms with Crippen molar-refractivity contribution >= 4 is 5.91 Å². The van der Waals surface area contributed by atoms with Crippen LogP contribution < -0.4 is 0 Å². The van der Waals surface area contributed by atoms with Crippen LogP contribution in [0.5, 0.6) is 0 Å². The van der Waals surface area contributed by atoms with Gasteiger partial charge in [-0.25, -0.2) is 9.67 Å². The summed E-state index contributed by atoms with van der Waals surface area (Å²) in [5.74, 6) is 1.91. The van der Waals surface area contributed by atoms with Gasteiger partial charge in [0.05, 0.1) is 19.0 Å². The molecular formula is C12H16N6O2. The fraction of sp³-hybridized carbons (Fsp3) is 0.583. The number of rotatable bonds is 3. The van der Waals surface area contributed by atoms with E-state index < -0.39 is 0 Å². The summed E-state index contributed by atoms with van der Waals surface area (Å²) in [6.45, 7) is 2.65. The van der Waals surface area contributed by atoms with Crippen LogP contribution in [-0.2, 0) is 24.3 Å². The molecule has 1 atom stereocenters. The quantitative estimate of drug-likeness (QED) is 0.795. The molecule has 0 aromatic carbocycles. The number of amides is 1. The predicted octanol–water partition coefficient (Wildman–Crippen LogP) is 0.191. The molecule has 106 valence electrons. The molecular weight excluding hydrogens is 260 g/mol. The predicted molar refractivity (Wildman–Crippen MR) is 67.3 cm³/mol. The van der Waals surface area contributed by atoms with Gasteiger partial charge in [-0.1, -0.05) is 0 Å². The molecule has 8 heteroatoms. The molecule has 2 aromatic rings. The van der Waals surface area contributed by atoms with Crippen LogP contribution in [0.25, 0.3) is 0 Å². The molecule has 1 amide bonds. The van der Waals surface area contributed by atoms with Gasteiger partial charge in [0, 0.05) is 20.4 Å². The molecule has 0 aliphatic carbocycles.